The minimum absolute atomic E-state index is 0.00123. The van der Waals surface area contributed by atoms with Gasteiger partial charge in [-0.3, -0.25) is 19.7 Å². The summed E-state index contributed by atoms with van der Waals surface area (Å²) in [6, 6.07) is 5.99. The first-order valence-electron chi connectivity index (χ1n) is 7.26. The largest absolute Gasteiger partial charge is 0.481 e. The summed E-state index contributed by atoms with van der Waals surface area (Å²) in [6.45, 7) is 1.73. The molecule has 0 bridgehead atoms. The molecule has 1 atom stereocenters. The van der Waals surface area contributed by atoms with Gasteiger partial charge in [0.05, 0.1) is 22.1 Å². The van der Waals surface area contributed by atoms with Gasteiger partial charge in [-0.15, -0.1) is 11.8 Å². The van der Waals surface area contributed by atoms with Gasteiger partial charge in [0, 0.05) is 17.0 Å². The fourth-order valence-corrected chi connectivity index (χ4v) is 3.37. The van der Waals surface area contributed by atoms with Crippen LogP contribution in [0, 0.1) is 10.1 Å². The van der Waals surface area contributed by atoms with E-state index < -0.39 is 21.7 Å². The van der Waals surface area contributed by atoms with Gasteiger partial charge in [-0.2, -0.15) is 0 Å². The molecule has 0 aliphatic heterocycles. The van der Waals surface area contributed by atoms with Crippen LogP contribution in [-0.2, 0) is 9.59 Å². The van der Waals surface area contributed by atoms with Gasteiger partial charge < -0.3 is 10.4 Å². The Balaban J connectivity index is 1.94. The van der Waals surface area contributed by atoms with Crippen LogP contribution in [0.25, 0.3) is 0 Å². The summed E-state index contributed by atoms with van der Waals surface area (Å²) in [4.78, 5) is 34.1. The third kappa shape index (κ3) is 4.44. The molecule has 2 rings (SSSR count). The quantitative estimate of drug-likeness (QED) is 0.449. The number of rotatable bonds is 7. The van der Waals surface area contributed by atoms with Crippen LogP contribution in [0.15, 0.2) is 29.2 Å². The first-order valence-corrected chi connectivity index (χ1v) is 8.14. The number of benzene rings is 1. The van der Waals surface area contributed by atoms with Gasteiger partial charge in [0.25, 0.3) is 5.69 Å². The standard InChI is InChI=1S/C15H18N2O5S/c1-10(23-12-5-3-11(4-6-12)17(21)22)14(20)16-15(7-2-8-15)9-13(18)19/h3-6,10H,2,7-9H2,1H3,(H,16,20)(H,18,19). The molecule has 1 aliphatic carbocycles. The molecule has 1 unspecified atom stereocenters. The number of nitrogens with zero attached hydrogens (tertiary/aromatic N) is 1. The van der Waals surface area contributed by atoms with Crippen LogP contribution < -0.4 is 5.32 Å². The zero-order chi connectivity index (χ0) is 17.0. The minimum Gasteiger partial charge on any atom is -0.481 e. The second-order valence-corrected chi connectivity index (χ2v) is 7.12. The van der Waals surface area contributed by atoms with Gasteiger partial charge in [-0.05, 0) is 38.3 Å². The number of amides is 1. The molecular weight excluding hydrogens is 320 g/mol. The number of nitro benzene ring substituents is 1. The van der Waals surface area contributed by atoms with Gasteiger partial charge in [0.1, 0.15) is 0 Å². The summed E-state index contributed by atoms with van der Waals surface area (Å²) in [6.07, 6.45) is 2.21. The van der Waals surface area contributed by atoms with Crippen molar-refractivity contribution in [2.75, 3.05) is 0 Å². The van der Waals surface area contributed by atoms with Crippen molar-refractivity contribution in [2.45, 2.75) is 48.3 Å². The second-order valence-electron chi connectivity index (χ2n) is 5.70. The predicted molar refractivity (Wildman–Crippen MR) is 85.4 cm³/mol. The van der Waals surface area contributed by atoms with Crippen LogP contribution in [0.3, 0.4) is 0 Å². The molecule has 1 fully saturated rings. The van der Waals surface area contributed by atoms with Crippen molar-refractivity contribution in [2.24, 2.45) is 0 Å². The summed E-state index contributed by atoms with van der Waals surface area (Å²) in [5, 5.41) is 22.0. The van der Waals surface area contributed by atoms with Crippen molar-refractivity contribution in [1.82, 2.24) is 5.32 Å². The Hall–Kier alpha value is -2.09. The third-order valence-corrected chi connectivity index (χ3v) is 5.03. The molecule has 124 valence electrons. The molecule has 23 heavy (non-hydrogen) atoms. The van der Waals surface area contributed by atoms with E-state index >= 15 is 0 Å². The number of hydrogen-bond donors (Lipinski definition) is 2. The van der Waals surface area contributed by atoms with Crippen molar-refractivity contribution in [3.05, 3.63) is 34.4 Å². The first-order chi connectivity index (χ1) is 10.8. The molecule has 8 heteroatoms. The molecule has 1 aromatic rings. The Kier molecular flexibility index (Phi) is 5.25. The number of carbonyl (C=O) groups is 2. The van der Waals surface area contributed by atoms with Gasteiger partial charge >= 0.3 is 5.97 Å². The number of hydrogen-bond acceptors (Lipinski definition) is 5. The molecule has 1 aliphatic rings. The SMILES string of the molecule is CC(Sc1ccc([N+](=O)[O-])cc1)C(=O)NC1(CC(=O)O)CCC1. The number of nitro groups is 1. The van der Waals surface area contributed by atoms with E-state index in [1.165, 1.54) is 23.9 Å². The van der Waals surface area contributed by atoms with Crippen LogP contribution >= 0.6 is 11.8 Å². The normalized spacial score (nSPS) is 16.9. The molecule has 0 saturated heterocycles. The zero-order valence-electron chi connectivity index (χ0n) is 12.7. The Labute approximate surface area is 137 Å². The van der Waals surface area contributed by atoms with E-state index in [0.29, 0.717) is 12.8 Å². The third-order valence-electron chi connectivity index (χ3n) is 3.92. The van der Waals surface area contributed by atoms with E-state index in [1.54, 1.807) is 19.1 Å². The van der Waals surface area contributed by atoms with E-state index in [0.717, 1.165) is 11.3 Å². The summed E-state index contributed by atoms with van der Waals surface area (Å²) >= 11 is 1.28. The minimum atomic E-state index is -0.916. The Morgan fingerprint density at radius 2 is 2.00 bits per heavy atom. The maximum atomic E-state index is 12.3. The van der Waals surface area contributed by atoms with Crippen molar-refractivity contribution in [3.63, 3.8) is 0 Å². The lowest BCUT2D eigenvalue weighted by molar-refractivity contribution is -0.384. The van der Waals surface area contributed by atoms with Crippen molar-refractivity contribution in [3.8, 4) is 0 Å². The molecule has 1 aromatic carbocycles. The van der Waals surface area contributed by atoms with E-state index in [1.807, 2.05) is 0 Å². The lowest BCUT2D eigenvalue weighted by Crippen LogP contribution is -2.56. The van der Waals surface area contributed by atoms with Crippen molar-refractivity contribution in [1.29, 1.82) is 0 Å². The van der Waals surface area contributed by atoms with Crippen LogP contribution in [0.4, 0.5) is 5.69 Å². The summed E-state index contributed by atoms with van der Waals surface area (Å²) < 4.78 is 0. The van der Waals surface area contributed by atoms with Crippen LogP contribution in [0.2, 0.25) is 0 Å². The van der Waals surface area contributed by atoms with E-state index in [2.05, 4.69) is 5.32 Å². The zero-order valence-corrected chi connectivity index (χ0v) is 13.5. The number of carboxylic acids is 1. The van der Waals surface area contributed by atoms with Gasteiger partial charge in [0.2, 0.25) is 5.91 Å². The predicted octanol–water partition coefficient (Wildman–Crippen LogP) is 2.59. The molecule has 2 N–H and O–H groups in total. The number of carboxylic acid groups (broad SMARTS) is 1. The number of nitrogens with one attached hydrogen (secondary N) is 1. The maximum Gasteiger partial charge on any atom is 0.305 e. The monoisotopic (exact) mass is 338 g/mol. The molecule has 1 saturated carbocycles. The highest BCUT2D eigenvalue weighted by Gasteiger charge is 2.41. The highest BCUT2D eigenvalue weighted by Crippen LogP contribution is 2.35. The fourth-order valence-electron chi connectivity index (χ4n) is 2.51. The lowest BCUT2D eigenvalue weighted by Gasteiger charge is -2.42. The molecule has 1 amide bonds. The topological polar surface area (TPSA) is 110 Å². The van der Waals surface area contributed by atoms with Crippen molar-refractivity contribution < 1.29 is 19.6 Å². The fraction of sp³-hybridized carbons (Fsp3) is 0.467. The Morgan fingerprint density at radius 3 is 2.43 bits per heavy atom. The molecule has 0 radical (unpaired) electrons. The van der Waals surface area contributed by atoms with Gasteiger partial charge in [0.15, 0.2) is 0 Å². The maximum absolute atomic E-state index is 12.3. The average Bonchev–Trinajstić information content (AvgIpc) is 2.44. The molecule has 0 heterocycles. The van der Waals surface area contributed by atoms with E-state index in [-0.39, 0.29) is 18.0 Å². The summed E-state index contributed by atoms with van der Waals surface area (Å²) in [7, 11) is 0. The average molecular weight is 338 g/mol. The highest BCUT2D eigenvalue weighted by atomic mass is 32.2. The van der Waals surface area contributed by atoms with Gasteiger partial charge in [-0.1, -0.05) is 0 Å². The number of non-ortho nitro benzene ring substituents is 1. The second kappa shape index (κ2) is 6.99. The van der Waals surface area contributed by atoms with E-state index in [4.69, 9.17) is 5.11 Å². The first kappa shape index (κ1) is 17.3. The molecule has 0 aromatic heterocycles. The van der Waals surface area contributed by atoms with Crippen molar-refractivity contribution >= 4 is 29.3 Å². The molecular formula is C15H18N2O5S. The number of aliphatic carboxylic acids is 1. The van der Waals surface area contributed by atoms with E-state index in [9.17, 15) is 19.7 Å². The molecule has 7 nitrogen and oxygen atoms in total. The van der Waals surface area contributed by atoms with Crippen LogP contribution in [0.1, 0.15) is 32.6 Å². The van der Waals surface area contributed by atoms with Crippen LogP contribution in [0.5, 0.6) is 0 Å². The Bertz CT molecular complexity index is 613. The smallest absolute Gasteiger partial charge is 0.305 e. The summed E-state index contributed by atoms with van der Waals surface area (Å²) in [5.74, 6) is -1.13. The summed E-state index contributed by atoms with van der Waals surface area (Å²) in [5.41, 5.74) is -0.617. The van der Waals surface area contributed by atoms with Crippen LogP contribution in [-0.4, -0.2) is 32.7 Å². The molecule has 0 spiro atoms. The number of thioether (sulfide) groups is 1. The van der Waals surface area contributed by atoms with Gasteiger partial charge in [-0.25, -0.2) is 0 Å². The lowest BCUT2D eigenvalue weighted by atomic mass is 9.74. The number of carbonyl (C=O) groups excluding carboxylic acids is 1. The highest BCUT2D eigenvalue weighted by molar-refractivity contribution is 8.00. The Morgan fingerprint density at radius 1 is 1.39 bits per heavy atom.